The molecular weight excluding hydrogens is 791 g/mol. The fraction of sp³-hybridized carbons (Fsp3) is 0.375. The Bertz CT molecular complexity index is 2130. The predicted molar refractivity (Wildman–Crippen MR) is 202 cm³/mol. The van der Waals surface area contributed by atoms with Crippen molar-refractivity contribution in [1.29, 1.82) is 0 Å². The van der Waals surface area contributed by atoms with E-state index in [1.54, 1.807) is 30.3 Å². The quantitative estimate of drug-likeness (QED) is 0.113. The number of hydrogen-bond acceptors (Lipinski definition) is 10. The van der Waals surface area contributed by atoms with Gasteiger partial charge in [0.05, 0.1) is 27.1 Å². The van der Waals surface area contributed by atoms with Crippen LogP contribution in [0.3, 0.4) is 0 Å². The number of alkyl halides is 2. The van der Waals surface area contributed by atoms with Gasteiger partial charge >= 0.3 is 18.6 Å². The lowest BCUT2D eigenvalue weighted by atomic mass is 9.86. The van der Waals surface area contributed by atoms with E-state index in [2.05, 4.69) is 14.6 Å². The molecule has 0 amide bonds. The number of rotatable bonds is 16. The Morgan fingerprint density at radius 2 is 1.62 bits per heavy atom. The Morgan fingerprint density at radius 1 is 0.893 bits per heavy atom. The third kappa shape index (κ3) is 9.78. The maximum Gasteiger partial charge on any atom is 0.387 e. The van der Waals surface area contributed by atoms with E-state index in [0.717, 1.165) is 44.8 Å². The van der Waals surface area contributed by atoms with Gasteiger partial charge in [-0.15, -0.1) is 0 Å². The van der Waals surface area contributed by atoms with Crippen LogP contribution in [0.15, 0.2) is 90.1 Å². The molecule has 0 radical (unpaired) electrons. The molecule has 8 rings (SSSR count). The molecule has 1 aromatic heterocycles. The van der Waals surface area contributed by atoms with Gasteiger partial charge in [0, 0.05) is 25.4 Å². The maximum absolute atomic E-state index is 13.9. The zero-order chi connectivity index (χ0) is 39.4. The van der Waals surface area contributed by atoms with Crippen LogP contribution in [0.25, 0.3) is 0 Å². The summed E-state index contributed by atoms with van der Waals surface area (Å²) in [5, 5.41) is 0.390. The molecule has 3 aromatic carbocycles. The molecule has 56 heavy (non-hydrogen) atoms. The molecule has 4 aliphatic rings. The molecule has 4 aromatic rings. The van der Waals surface area contributed by atoms with Gasteiger partial charge in [0.1, 0.15) is 18.2 Å². The first-order valence-corrected chi connectivity index (χ1v) is 20.5. The van der Waals surface area contributed by atoms with Gasteiger partial charge in [0.15, 0.2) is 11.5 Å². The second-order valence-electron chi connectivity index (χ2n) is 14.1. The number of ether oxygens (including phenoxy) is 4. The normalized spacial score (nSPS) is 20.3. The van der Waals surface area contributed by atoms with Crippen molar-refractivity contribution >= 4 is 45.2 Å². The molecule has 0 spiro atoms. The van der Waals surface area contributed by atoms with Crippen LogP contribution in [-0.2, 0) is 30.7 Å². The summed E-state index contributed by atoms with van der Waals surface area (Å²) < 4.78 is 79.5. The zero-order valence-corrected chi connectivity index (χ0v) is 32.3. The van der Waals surface area contributed by atoms with Crippen LogP contribution in [-0.4, -0.2) is 69.2 Å². The summed E-state index contributed by atoms with van der Waals surface area (Å²) in [4.78, 5) is 33.5. The molecule has 11 nitrogen and oxygen atoms in total. The largest absolute Gasteiger partial charge is 0.489 e. The number of sulfonamides is 1. The van der Waals surface area contributed by atoms with Crippen LogP contribution in [0.4, 0.5) is 8.78 Å². The summed E-state index contributed by atoms with van der Waals surface area (Å²) >= 11 is 12.9. The minimum Gasteiger partial charge on any atom is -0.489 e. The molecular formula is C40H39Cl2F2N3O8S. The van der Waals surface area contributed by atoms with E-state index >= 15 is 0 Å². The molecule has 1 unspecified atom stereocenters. The van der Waals surface area contributed by atoms with E-state index in [1.165, 1.54) is 48.8 Å². The topological polar surface area (TPSA) is 133 Å². The van der Waals surface area contributed by atoms with Gasteiger partial charge in [-0.05, 0) is 97.6 Å². The number of carbonyl (C=O) groups excluding carboxylic acids is 2. The Labute approximate surface area is 333 Å². The number of esters is 2. The lowest BCUT2D eigenvalue weighted by molar-refractivity contribution is -0.161. The number of carbonyl (C=O) groups is 2. The first-order valence-electron chi connectivity index (χ1n) is 18.2. The van der Waals surface area contributed by atoms with E-state index in [4.69, 9.17) is 42.1 Å². The first-order chi connectivity index (χ1) is 26.9. The summed E-state index contributed by atoms with van der Waals surface area (Å²) in [6, 6.07) is 16.4. The van der Waals surface area contributed by atoms with Gasteiger partial charge in [-0.2, -0.15) is 13.5 Å². The number of hydrogen-bond donors (Lipinski definition) is 1. The lowest BCUT2D eigenvalue weighted by Gasteiger charge is -2.44. The lowest BCUT2D eigenvalue weighted by Crippen LogP contribution is -2.52. The average molecular weight is 831 g/mol. The third-order valence-electron chi connectivity index (χ3n) is 10.2. The minimum atomic E-state index is -4.43. The maximum atomic E-state index is 13.9. The van der Waals surface area contributed by atoms with E-state index in [9.17, 15) is 26.8 Å². The van der Waals surface area contributed by atoms with Gasteiger partial charge in [-0.1, -0.05) is 65.7 Å². The number of benzene rings is 3. The number of halogens is 4. The minimum absolute atomic E-state index is 0.0295. The smallest absolute Gasteiger partial charge is 0.387 e. The van der Waals surface area contributed by atoms with Crippen LogP contribution in [0, 0.1) is 11.8 Å². The Morgan fingerprint density at radius 3 is 2.29 bits per heavy atom. The van der Waals surface area contributed by atoms with Crippen molar-refractivity contribution in [2.45, 2.75) is 61.9 Å². The molecule has 3 atom stereocenters. The summed E-state index contributed by atoms with van der Waals surface area (Å²) in [6.07, 6.45) is 4.92. The van der Waals surface area contributed by atoms with Crippen molar-refractivity contribution in [2.24, 2.45) is 11.8 Å². The highest BCUT2D eigenvalue weighted by molar-refractivity contribution is 7.89. The van der Waals surface area contributed by atoms with Crippen molar-refractivity contribution in [2.75, 3.05) is 26.2 Å². The molecule has 1 aliphatic carbocycles. The standard InChI is InChI=1S/C40H39Cl2F2N3O8S/c41-31-20-45-21-32(42)30(31)19-34(27-11-12-33(55-40(43)44)35(18-27)52-23-24-9-10-24)53-38(48)28-7-4-8-29(17-28)56(50,51)46-37(26-5-2-1-3-6-26)39(49)54-36-22-47-15-13-25(36)14-16-47/h1-8,11-12,17-18,20-21,24-25,34,36-37,40,46H,9-10,13-16,19,22-23H2/t34-,36-,37?/m0/s1. The summed E-state index contributed by atoms with van der Waals surface area (Å²) in [7, 11) is -4.43. The fourth-order valence-corrected chi connectivity index (χ4v) is 8.68. The number of pyridine rings is 1. The first kappa shape index (κ1) is 39.9. The van der Waals surface area contributed by atoms with Gasteiger partial charge in [0.25, 0.3) is 0 Å². The van der Waals surface area contributed by atoms with Crippen LogP contribution in [0.1, 0.15) is 64.9 Å². The molecule has 4 fully saturated rings. The number of aromatic nitrogens is 1. The number of piperidine rings is 3. The Hall–Kier alpha value is -4.34. The molecule has 4 heterocycles. The Balaban J connectivity index is 1.14. The van der Waals surface area contributed by atoms with E-state index in [-0.39, 0.29) is 63.0 Å². The van der Waals surface area contributed by atoms with Crippen LogP contribution in [0.5, 0.6) is 11.5 Å². The second-order valence-corrected chi connectivity index (χ2v) is 16.7. The monoisotopic (exact) mass is 829 g/mol. The molecule has 3 aliphatic heterocycles. The predicted octanol–water partition coefficient (Wildman–Crippen LogP) is 7.58. The fourth-order valence-electron chi connectivity index (χ4n) is 6.94. The van der Waals surface area contributed by atoms with Gasteiger partial charge in [-0.3, -0.25) is 9.88 Å². The van der Waals surface area contributed by atoms with Crippen molar-refractivity contribution in [3.8, 4) is 11.5 Å². The van der Waals surface area contributed by atoms with Gasteiger partial charge in [0.2, 0.25) is 10.0 Å². The van der Waals surface area contributed by atoms with Gasteiger partial charge < -0.3 is 18.9 Å². The van der Waals surface area contributed by atoms with Gasteiger partial charge in [-0.25, -0.2) is 18.0 Å². The summed E-state index contributed by atoms with van der Waals surface area (Å²) in [5.74, 6) is -1.31. The zero-order valence-electron chi connectivity index (χ0n) is 30.0. The number of nitrogens with zero attached hydrogens (tertiary/aromatic N) is 2. The van der Waals surface area contributed by atoms with E-state index in [0.29, 0.717) is 23.2 Å². The Kier molecular flexibility index (Phi) is 12.4. The highest BCUT2D eigenvalue weighted by Crippen LogP contribution is 2.38. The van der Waals surface area contributed by atoms with Crippen molar-refractivity contribution < 1.29 is 45.7 Å². The third-order valence-corrected chi connectivity index (χ3v) is 12.3. The second kappa shape index (κ2) is 17.4. The number of nitrogens with one attached hydrogen (secondary N) is 1. The van der Waals surface area contributed by atoms with E-state index in [1.807, 2.05) is 0 Å². The molecule has 296 valence electrons. The van der Waals surface area contributed by atoms with Crippen molar-refractivity contribution in [1.82, 2.24) is 14.6 Å². The van der Waals surface area contributed by atoms with Crippen molar-refractivity contribution in [3.05, 3.63) is 117 Å². The average Bonchev–Trinajstić information content (AvgIpc) is 4.03. The van der Waals surface area contributed by atoms with Crippen LogP contribution < -0.4 is 14.2 Å². The van der Waals surface area contributed by atoms with Crippen LogP contribution in [0.2, 0.25) is 10.0 Å². The van der Waals surface area contributed by atoms with Crippen molar-refractivity contribution in [3.63, 3.8) is 0 Å². The molecule has 1 saturated carbocycles. The molecule has 1 N–H and O–H groups in total. The molecule has 2 bridgehead atoms. The summed E-state index contributed by atoms with van der Waals surface area (Å²) in [6.45, 7) is -0.345. The highest BCUT2D eigenvalue weighted by Gasteiger charge is 2.39. The van der Waals surface area contributed by atoms with E-state index < -0.39 is 40.7 Å². The number of fused-ring (bicyclic) bond motifs is 3. The highest BCUT2D eigenvalue weighted by atomic mass is 35.5. The molecule has 16 heteroatoms. The molecule has 3 saturated heterocycles. The summed E-state index contributed by atoms with van der Waals surface area (Å²) in [5.41, 5.74) is 0.998. The van der Waals surface area contributed by atoms with Crippen LogP contribution >= 0.6 is 23.2 Å². The SMILES string of the molecule is O=C(O[C@@H](Cc1c(Cl)cncc1Cl)c1ccc(OC(F)F)c(OCC2CC2)c1)c1cccc(S(=O)(=O)NC(C(=O)O[C@H]2CN3CCC2CC3)c2ccccc2)c1.